The average Bonchev–Trinajstić information content (AvgIpc) is 3.36. The summed E-state index contributed by atoms with van der Waals surface area (Å²) < 4.78 is 46.8. The molecule has 214 valence electrons. The van der Waals surface area contributed by atoms with Gasteiger partial charge < -0.3 is 29.3 Å². The van der Waals surface area contributed by atoms with Crippen LogP contribution in [-0.4, -0.2) is 94.0 Å². The van der Waals surface area contributed by atoms with Crippen molar-refractivity contribution in [1.82, 2.24) is 20.0 Å². The number of thioether (sulfide) groups is 1. The fourth-order valence-corrected chi connectivity index (χ4v) is 6.99. The van der Waals surface area contributed by atoms with Crippen molar-refractivity contribution < 1.29 is 33.2 Å². The van der Waals surface area contributed by atoms with Gasteiger partial charge in [-0.2, -0.15) is 0 Å². The third-order valence-electron chi connectivity index (χ3n) is 7.40. The number of benzene rings is 1. The Labute approximate surface area is 242 Å². The van der Waals surface area contributed by atoms with Crippen molar-refractivity contribution >= 4 is 40.8 Å². The maximum atomic E-state index is 14.1. The molecule has 0 radical (unpaired) electrons. The van der Waals surface area contributed by atoms with Crippen LogP contribution in [0.4, 0.5) is 14.6 Å². The van der Waals surface area contributed by atoms with Gasteiger partial charge in [0.05, 0.1) is 41.4 Å². The first-order valence-corrected chi connectivity index (χ1v) is 14.0. The van der Waals surface area contributed by atoms with E-state index < -0.39 is 53.1 Å². The summed E-state index contributed by atoms with van der Waals surface area (Å²) in [5.74, 6) is -1.14. The van der Waals surface area contributed by atoms with Gasteiger partial charge in [0.2, 0.25) is 0 Å². The Morgan fingerprint density at radius 2 is 1.93 bits per heavy atom. The van der Waals surface area contributed by atoms with E-state index in [1.165, 1.54) is 29.8 Å². The number of hydrogen-bond donors (Lipinski definition) is 2. The maximum Gasteiger partial charge on any atom is 0.145 e. The third-order valence-corrected chi connectivity index (χ3v) is 9.14. The van der Waals surface area contributed by atoms with Gasteiger partial charge in [-0.15, -0.1) is 5.10 Å². The highest BCUT2D eigenvalue weighted by Gasteiger charge is 2.51. The molecule has 15 heteroatoms. The SMILES string of the molecule is COC1C(Sc2cc(Cl)cnc2N2CC3(COC3)C2)OC(CO)C(O)C1n1cc(-c2cc(F)c(Cl)c(F)c2)nn1. The first-order chi connectivity index (χ1) is 19.2. The minimum Gasteiger partial charge on any atom is -0.394 e. The molecule has 0 saturated carbocycles. The van der Waals surface area contributed by atoms with E-state index in [0.717, 1.165) is 49.1 Å². The van der Waals surface area contributed by atoms with E-state index in [1.807, 2.05) is 0 Å². The second-order valence-electron chi connectivity index (χ2n) is 10.2. The Balaban J connectivity index is 1.29. The van der Waals surface area contributed by atoms with Gasteiger partial charge in [-0.25, -0.2) is 18.4 Å². The highest BCUT2D eigenvalue weighted by Crippen LogP contribution is 2.46. The lowest BCUT2D eigenvalue weighted by molar-refractivity contribution is -0.186. The molecule has 1 aromatic carbocycles. The molecule has 40 heavy (non-hydrogen) atoms. The first kappa shape index (κ1) is 28.0. The molecule has 3 aliphatic heterocycles. The number of pyridine rings is 1. The Morgan fingerprint density at radius 3 is 2.55 bits per heavy atom. The van der Waals surface area contributed by atoms with Crippen LogP contribution in [0.25, 0.3) is 11.3 Å². The van der Waals surface area contributed by atoms with Crippen molar-refractivity contribution in [2.45, 2.75) is 34.7 Å². The molecule has 5 heterocycles. The van der Waals surface area contributed by atoms with Gasteiger partial charge in [-0.05, 0) is 18.2 Å². The molecule has 2 N–H and O–H groups in total. The van der Waals surface area contributed by atoms with Crippen LogP contribution in [0.15, 0.2) is 35.5 Å². The van der Waals surface area contributed by atoms with Crippen molar-refractivity contribution in [1.29, 1.82) is 0 Å². The van der Waals surface area contributed by atoms with Crippen LogP contribution in [0.1, 0.15) is 6.04 Å². The number of aliphatic hydroxyl groups excluding tert-OH is 2. The number of halogens is 4. The van der Waals surface area contributed by atoms with Crippen molar-refractivity contribution in [3.8, 4) is 11.3 Å². The Hall–Kier alpha value is -2.10. The van der Waals surface area contributed by atoms with Gasteiger partial charge in [-0.3, -0.25) is 0 Å². The molecule has 3 aliphatic rings. The van der Waals surface area contributed by atoms with E-state index in [-0.39, 0.29) is 16.7 Å². The number of rotatable bonds is 7. The fraction of sp³-hybridized carbons (Fsp3) is 0.480. The normalized spacial score (nSPS) is 27.5. The first-order valence-electron chi connectivity index (χ1n) is 12.4. The summed E-state index contributed by atoms with van der Waals surface area (Å²) in [4.78, 5) is 7.46. The van der Waals surface area contributed by atoms with Crippen LogP contribution in [0, 0.1) is 17.0 Å². The van der Waals surface area contributed by atoms with Crippen LogP contribution in [0.2, 0.25) is 10.0 Å². The monoisotopic (exact) mass is 615 g/mol. The summed E-state index contributed by atoms with van der Waals surface area (Å²) in [7, 11) is 1.47. The lowest BCUT2D eigenvalue weighted by atomic mass is 9.78. The third kappa shape index (κ3) is 4.96. The van der Waals surface area contributed by atoms with Gasteiger partial charge in [0.15, 0.2) is 0 Å². The number of hydrogen-bond acceptors (Lipinski definition) is 10. The minimum absolute atomic E-state index is 0.115. The predicted octanol–water partition coefficient (Wildman–Crippen LogP) is 3.19. The quantitative estimate of drug-likeness (QED) is 0.384. The van der Waals surface area contributed by atoms with E-state index in [1.54, 1.807) is 12.3 Å². The largest absolute Gasteiger partial charge is 0.394 e. The molecule has 0 amide bonds. The lowest BCUT2D eigenvalue weighted by Gasteiger charge is -2.55. The van der Waals surface area contributed by atoms with Crippen molar-refractivity contribution in [2.75, 3.05) is 44.9 Å². The molecule has 5 unspecified atom stereocenters. The van der Waals surface area contributed by atoms with E-state index in [9.17, 15) is 19.0 Å². The topological polar surface area (TPSA) is 115 Å². The number of nitrogens with zero attached hydrogens (tertiary/aromatic N) is 5. The molecule has 3 fully saturated rings. The smallest absolute Gasteiger partial charge is 0.145 e. The molecule has 3 aromatic rings. The standard InChI is InChI=1S/C25H25Cl2F2N5O5S/c1-37-22-20(34-6-16(31-32-34)12-2-14(28)19(27)15(29)3-12)21(36)17(7-35)39-24(22)40-18-4-13(26)5-30-23(18)33-8-25(9-33)10-38-11-25/h2-6,17,20-22,24,35-36H,7-11H2,1H3. The summed E-state index contributed by atoms with van der Waals surface area (Å²) in [5, 5.41) is 29.2. The maximum absolute atomic E-state index is 14.1. The second kappa shape index (κ2) is 11.0. The van der Waals surface area contributed by atoms with Crippen LogP contribution >= 0.6 is 35.0 Å². The average molecular weight is 616 g/mol. The van der Waals surface area contributed by atoms with Gasteiger partial charge >= 0.3 is 0 Å². The van der Waals surface area contributed by atoms with Crippen LogP contribution in [-0.2, 0) is 14.2 Å². The van der Waals surface area contributed by atoms with Crippen molar-refractivity contribution in [2.24, 2.45) is 5.41 Å². The molecular weight excluding hydrogens is 591 g/mol. The van der Waals surface area contributed by atoms with Gasteiger partial charge in [0.25, 0.3) is 0 Å². The predicted molar refractivity (Wildman–Crippen MR) is 143 cm³/mol. The Kier molecular flexibility index (Phi) is 7.68. The molecule has 6 rings (SSSR count). The Morgan fingerprint density at radius 1 is 1.20 bits per heavy atom. The molecule has 1 spiro atoms. The highest BCUT2D eigenvalue weighted by atomic mass is 35.5. The second-order valence-corrected chi connectivity index (χ2v) is 12.1. The van der Waals surface area contributed by atoms with E-state index in [4.69, 9.17) is 37.4 Å². The van der Waals surface area contributed by atoms with E-state index in [0.29, 0.717) is 5.02 Å². The molecule has 2 aromatic heterocycles. The Bertz CT molecular complexity index is 1380. The summed E-state index contributed by atoms with van der Waals surface area (Å²) >= 11 is 13.2. The van der Waals surface area contributed by atoms with Crippen LogP contribution in [0.5, 0.6) is 0 Å². The number of ether oxygens (including phenoxy) is 3. The van der Waals surface area contributed by atoms with Gasteiger partial charge in [0, 0.05) is 32.0 Å². The molecule has 10 nitrogen and oxygen atoms in total. The summed E-state index contributed by atoms with van der Waals surface area (Å²) in [6.45, 7) is 2.59. The van der Waals surface area contributed by atoms with Crippen molar-refractivity contribution in [3.05, 3.63) is 52.3 Å². The van der Waals surface area contributed by atoms with Gasteiger partial charge in [-0.1, -0.05) is 40.2 Å². The summed E-state index contributed by atoms with van der Waals surface area (Å²) in [5.41, 5.74) is -0.294. The van der Waals surface area contributed by atoms with Crippen LogP contribution in [0.3, 0.4) is 0 Å². The number of aliphatic hydroxyl groups is 2. The summed E-state index contributed by atoms with van der Waals surface area (Å²) in [6, 6.07) is 3.02. The number of anilines is 1. The van der Waals surface area contributed by atoms with Gasteiger partial charge in [0.1, 0.15) is 58.0 Å². The minimum atomic E-state index is -1.24. The summed E-state index contributed by atoms with van der Waals surface area (Å²) in [6.07, 6.45) is 0.00976. The zero-order valence-electron chi connectivity index (χ0n) is 21.1. The highest BCUT2D eigenvalue weighted by molar-refractivity contribution is 8.00. The molecule has 0 aliphatic carbocycles. The molecule has 5 atom stereocenters. The van der Waals surface area contributed by atoms with E-state index >= 15 is 0 Å². The molecular formula is C25H25Cl2F2N5O5S. The van der Waals surface area contributed by atoms with E-state index in [2.05, 4.69) is 20.2 Å². The number of aromatic nitrogens is 4. The van der Waals surface area contributed by atoms with Crippen molar-refractivity contribution in [3.63, 3.8) is 0 Å². The molecule has 3 saturated heterocycles. The fourth-order valence-electron chi connectivity index (χ4n) is 5.32. The molecule has 0 bridgehead atoms. The van der Waals surface area contributed by atoms with Crippen LogP contribution < -0.4 is 4.90 Å². The lowest BCUT2D eigenvalue weighted by Crippen LogP contribution is -2.66. The zero-order chi connectivity index (χ0) is 28.2. The number of methoxy groups -OCH3 is 1. The zero-order valence-corrected chi connectivity index (χ0v) is 23.4.